The van der Waals surface area contributed by atoms with Gasteiger partial charge in [0.25, 0.3) is 0 Å². The molecule has 0 bridgehead atoms. The number of hydrogen-bond acceptors (Lipinski definition) is 8. The molecule has 1 aliphatic rings. The minimum Gasteiger partial charge on any atom is -0.473 e. The van der Waals surface area contributed by atoms with Gasteiger partial charge in [-0.15, -0.1) is 0 Å². The van der Waals surface area contributed by atoms with E-state index in [9.17, 15) is 4.79 Å². The summed E-state index contributed by atoms with van der Waals surface area (Å²) in [6.07, 6.45) is 0.877. The summed E-state index contributed by atoms with van der Waals surface area (Å²) in [6.45, 7) is 8.17. The molecular weight excluding hydrogens is 536 g/mol. The Morgan fingerprint density at radius 2 is 1.37 bits per heavy atom. The Bertz CT molecular complexity index is 1370. The first kappa shape index (κ1) is 32.2. The Labute approximate surface area is 235 Å². The van der Waals surface area contributed by atoms with Gasteiger partial charge in [0.05, 0.1) is 17.7 Å². The highest BCUT2D eigenvalue weighted by atomic mass is 16.4. The number of pyridine rings is 1. The predicted molar refractivity (Wildman–Crippen MR) is 150 cm³/mol. The summed E-state index contributed by atoms with van der Waals surface area (Å²) in [5, 5.41) is 37.0. The van der Waals surface area contributed by atoms with Crippen molar-refractivity contribution in [1.82, 2.24) is 10.3 Å². The van der Waals surface area contributed by atoms with Gasteiger partial charge in [-0.25, -0.2) is 24.2 Å². The third-order valence-electron chi connectivity index (χ3n) is 5.53. The summed E-state index contributed by atoms with van der Waals surface area (Å²) in [6, 6.07) is 18.5. The van der Waals surface area contributed by atoms with Crippen LogP contribution in [-0.4, -0.2) is 73.8 Å². The zero-order valence-corrected chi connectivity index (χ0v) is 22.7. The number of carbonyl (C=O) groups is 5. The fourth-order valence-corrected chi connectivity index (χ4v) is 3.72. The molecule has 0 radical (unpaired) electrons. The summed E-state index contributed by atoms with van der Waals surface area (Å²) in [4.78, 5) is 56.3. The van der Waals surface area contributed by atoms with Crippen molar-refractivity contribution in [3.63, 3.8) is 0 Å². The molecule has 0 aliphatic carbocycles. The molecule has 41 heavy (non-hydrogen) atoms. The van der Waals surface area contributed by atoms with Gasteiger partial charge in [0.1, 0.15) is 5.82 Å². The average molecular weight is 569 g/mol. The lowest BCUT2D eigenvalue weighted by Crippen LogP contribution is -2.41. The SMILES string of the molecule is CC(C)(C)NCC(=O)Nc1c2c(nc3ccccc13)N(Cc1ccccc1)CC2.O=C(O)C(=O)O.O=C(O)C(=O)O. The number of hydrogen-bond donors (Lipinski definition) is 6. The average Bonchev–Trinajstić information content (AvgIpc) is 3.30. The third kappa shape index (κ3) is 10.2. The topological polar surface area (TPSA) is 206 Å². The number of carboxylic acids is 4. The second kappa shape index (κ2) is 14.4. The summed E-state index contributed by atoms with van der Waals surface area (Å²) in [7, 11) is 0. The maximum atomic E-state index is 12.7. The lowest BCUT2D eigenvalue weighted by Gasteiger charge is -2.22. The number of para-hydroxylation sites is 1. The van der Waals surface area contributed by atoms with Gasteiger partial charge >= 0.3 is 23.9 Å². The van der Waals surface area contributed by atoms with Crippen LogP contribution in [0.1, 0.15) is 31.9 Å². The van der Waals surface area contributed by atoms with Crippen molar-refractivity contribution in [2.24, 2.45) is 0 Å². The van der Waals surface area contributed by atoms with E-state index in [4.69, 9.17) is 44.6 Å². The Morgan fingerprint density at radius 1 is 0.829 bits per heavy atom. The van der Waals surface area contributed by atoms with Crippen LogP contribution in [0.15, 0.2) is 54.6 Å². The Balaban J connectivity index is 0.000000413. The van der Waals surface area contributed by atoms with E-state index in [0.29, 0.717) is 0 Å². The van der Waals surface area contributed by atoms with E-state index in [0.717, 1.165) is 47.5 Å². The molecule has 13 nitrogen and oxygen atoms in total. The summed E-state index contributed by atoms with van der Waals surface area (Å²) >= 11 is 0. The normalized spacial score (nSPS) is 11.7. The number of aromatic nitrogens is 1. The molecule has 2 heterocycles. The smallest absolute Gasteiger partial charge is 0.414 e. The quantitative estimate of drug-likeness (QED) is 0.245. The fraction of sp³-hybridized carbons (Fsp3) is 0.286. The molecule has 1 aromatic heterocycles. The molecule has 0 unspecified atom stereocenters. The van der Waals surface area contributed by atoms with Gasteiger partial charge in [0.2, 0.25) is 5.91 Å². The number of amides is 1. The van der Waals surface area contributed by atoms with Crippen LogP contribution in [0, 0.1) is 0 Å². The highest BCUT2D eigenvalue weighted by molar-refractivity contribution is 6.27. The minimum atomic E-state index is -1.82. The maximum Gasteiger partial charge on any atom is 0.414 e. The maximum absolute atomic E-state index is 12.7. The zero-order chi connectivity index (χ0) is 30.7. The molecule has 218 valence electrons. The minimum absolute atomic E-state index is 0.0278. The fourth-order valence-electron chi connectivity index (χ4n) is 3.72. The molecule has 0 atom stereocenters. The number of benzene rings is 2. The van der Waals surface area contributed by atoms with Crippen LogP contribution in [0.5, 0.6) is 0 Å². The molecule has 0 saturated carbocycles. The van der Waals surface area contributed by atoms with Crippen molar-refractivity contribution in [3.05, 3.63) is 65.7 Å². The largest absolute Gasteiger partial charge is 0.473 e. The van der Waals surface area contributed by atoms with Crippen molar-refractivity contribution in [2.75, 3.05) is 23.3 Å². The number of fused-ring (bicyclic) bond motifs is 2. The lowest BCUT2D eigenvalue weighted by atomic mass is 10.1. The highest BCUT2D eigenvalue weighted by Crippen LogP contribution is 2.38. The van der Waals surface area contributed by atoms with E-state index in [1.807, 2.05) is 30.3 Å². The van der Waals surface area contributed by atoms with Crippen molar-refractivity contribution in [1.29, 1.82) is 0 Å². The van der Waals surface area contributed by atoms with E-state index < -0.39 is 23.9 Å². The van der Waals surface area contributed by atoms with Crippen LogP contribution in [0.4, 0.5) is 11.5 Å². The van der Waals surface area contributed by atoms with Crippen molar-refractivity contribution in [3.8, 4) is 0 Å². The summed E-state index contributed by atoms with van der Waals surface area (Å²) in [5.74, 6) is -6.35. The number of carboxylic acid groups (broad SMARTS) is 4. The Morgan fingerprint density at radius 3 is 1.90 bits per heavy atom. The second-order valence-electron chi connectivity index (χ2n) is 9.84. The number of nitrogens with zero attached hydrogens (tertiary/aromatic N) is 2. The van der Waals surface area contributed by atoms with Gasteiger partial charge in [0, 0.05) is 29.6 Å². The van der Waals surface area contributed by atoms with Crippen LogP contribution in [-0.2, 0) is 36.9 Å². The molecule has 1 aliphatic heterocycles. The molecule has 1 amide bonds. The van der Waals surface area contributed by atoms with Gasteiger partial charge in [-0.2, -0.15) is 0 Å². The zero-order valence-electron chi connectivity index (χ0n) is 22.7. The number of carbonyl (C=O) groups excluding carboxylic acids is 1. The van der Waals surface area contributed by atoms with Gasteiger partial charge in [-0.1, -0.05) is 48.5 Å². The number of aliphatic carboxylic acids is 4. The molecule has 6 N–H and O–H groups in total. The van der Waals surface area contributed by atoms with Gasteiger partial charge in [0.15, 0.2) is 0 Å². The van der Waals surface area contributed by atoms with Crippen molar-refractivity contribution < 1.29 is 44.4 Å². The molecular formula is C28H32N4O9. The molecule has 0 saturated heterocycles. The highest BCUT2D eigenvalue weighted by Gasteiger charge is 2.26. The van der Waals surface area contributed by atoms with Crippen LogP contribution >= 0.6 is 0 Å². The second-order valence-corrected chi connectivity index (χ2v) is 9.84. The van der Waals surface area contributed by atoms with Gasteiger partial charge in [-0.05, 0) is 38.8 Å². The van der Waals surface area contributed by atoms with Crippen LogP contribution in [0.2, 0.25) is 0 Å². The molecule has 4 rings (SSSR count). The number of rotatable bonds is 5. The van der Waals surface area contributed by atoms with E-state index in [1.165, 1.54) is 5.56 Å². The van der Waals surface area contributed by atoms with Gasteiger partial charge < -0.3 is 36.0 Å². The predicted octanol–water partition coefficient (Wildman–Crippen LogP) is 2.44. The number of anilines is 2. The van der Waals surface area contributed by atoms with E-state index in [-0.39, 0.29) is 18.0 Å². The molecule has 3 aromatic rings. The molecule has 2 aromatic carbocycles. The standard InChI is InChI=1S/C24H28N4O.2C2H2O4/c1-24(2,3)25-15-21(29)27-22-18-11-7-8-12-20(18)26-23-19(22)13-14-28(23)16-17-9-5-4-6-10-17;2*3-1(4)2(5)6/h4-12,25H,13-16H2,1-3H3,(H,26,27,29);2*(H,3,4)(H,5,6). The summed E-state index contributed by atoms with van der Waals surface area (Å²) < 4.78 is 0. The molecule has 0 fully saturated rings. The summed E-state index contributed by atoms with van der Waals surface area (Å²) in [5.41, 5.74) is 4.10. The Hall–Kier alpha value is -5.04. The molecule has 0 spiro atoms. The molecule has 13 heteroatoms. The lowest BCUT2D eigenvalue weighted by molar-refractivity contribution is -0.159. The number of nitrogens with one attached hydrogen (secondary N) is 2. The third-order valence-corrected chi connectivity index (χ3v) is 5.53. The van der Waals surface area contributed by atoms with Crippen LogP contribution < -0.4 is 15.5 Å². The van der Waals surface area contributed by atoms with E-state index in [2.05, 4.69) is 60.6 Å². The van der Waals surface area contributed by atoms with Crippen LogP contribution in [0.3, 0.4) is 0 Å². The first-order valence-corrected chi connectivity index (χ1v) is 12.4. The van der Waals surface area contributed by atoms with Crippen molar-refractivity contribution >= 4 is 52.2 Å². The Kier molecular flexibility index (Phi) is 11.3. The van der Waals surface area contributed by atoms with Gasteiger partial charge in [-0.3, -0.25) is 4.79 Å². The monoisotopic (exact) mass is 568 g/mol. The van der Waals surface area contributed by atoms with E-state index in [1.54, 1.807) is 0 Å². The van der Waals surface area contributed by atoms with Crippen molar-refractivity contribution in [2.45, 2.75) is 39.3 Å². The first-order chi connectivity index (χ1) is 19.2. The van der Waals surface area contributed by atoms with Crippen LogP contribution in [0.25, 0.3) is 10.9 Å². The van der Waals surface area contributed by atoms with E-state index >= 15 is 0 Å². The first-order valence-electron chi connectivity index (χ1n) is 12.4.